The Morgan fingerprint density at radius 1 is 1.11 bits per heavy atom. The van der Waals surface area contributed by atoms with Crippen molar-refractivity contribution >= 4 is 11.8 Å². The smallest absolute Gasteiger partial charge is 0.191 e. The molecule has 150 valence electrons. The van der Waals surface area contributed by atoms with Gasteiger partial charge >= 0.3 is 0 Å². The van der Waals surface area contributed by atoms with E-state index in [9.17, 15) is 0 Å². The Hall–Kier alpha value is -1.82. The first-order chi connectivity index (χ1) is 13.2. The summed E-state index contributed by atoms with van der Waals surface area (Å²) in [5.41, 5.74) is 1.18. The van der Waals surface area contributed by atoms with E-state index in [-0.39, 0.29) is 0 Å². The van der Waals surface area contributed by atoms with Crippen molar-refractivity contribution in [1.82, 2.24) is 20.5 Å². The largest absolute Gasteiger partial charge is 0.357 e. The first-order valence-electron chi connectivity index (χ1n) is 10.6. The third kappa shape index (κ3) is 6.38. The van der Waals surface area contributed by atoms with Crippen LogP contribution in [-0.4, -0.2) is 62.2 Å². The van der Waals surface area contributed by atoms with Gasteiger partial charge in [-0.05, 0) is 56.3 Å². The highest BCUT2D eigenvalue weighted by atomic mass is 15.2. The molecule has 3 rings (SSSR count). The molecule has 0 radical (unpaired) electrons. The highest BCUT2D eigenvalue weighted by Gasteiger charge is 2.16. The fourth-order valence-corrected chi connectivity index (χ4v) is 3.87. The van der Waals surface area contributed by atoms with Crippen molar-refractivity contribution in [2.45, 2.75) is 45.6 Å². The molecule has 3 heterocycles. The summed E-state index contributed by atoms with van der Waals surface area (Å²) in [5, 5.41) is 6.82. The van der Waals surface area contributed by atoms with Gasteiger partial charge in [0.15, 0.2) is 5.96 Å². The van der Waals surface area contributed by atoms with Crippen LogP contribution in [0.2, 0.25) is 0 Å². The summed E-state index contributed by atoms with van der Waals surface area (Å²) >= 11 is 0. The molecule has 6 nitrogen and oxygen atoms in total. The zero-order valence-corrected chi connectivity index (χ0v) is 17.1. The maximum Gasteiger partial charge on any atom is 0.191 e. The summed E-state index contributed by atoms with van der Waals surface area (Å²) < 4.78 is 0. The van der Waals surface area contributed by atoms with Crippen LogP contribution in [0.15, 0.2) is 23.3 Å². The van der Waals surface area contributed by atoms with Gasteiger partial charge in [0.05, 0.1) is 0 Å². The molecule has 0 saturated carbocycles. The van der Waals surface area contributed by atoms with Crippen LogP contribution in [0.25, 0.3) is 0 Å². The first-order valence-corrected chi connectivity index (χ1v) is 10.6. The van der Waals surface area contributed by atoms with Crippen LogP contribution in [0.1, 0.15) is 44.6 Å². The summed E-state index contributed by atoms with van der Waals surface area (Å²) in [5.74, 6) is 2.81. The molecule has 1 aromatic rings. The Kier molecular flexibility index (Phi) is 7.75. The van der Waals surface area contributed by atoms with Crippen molar-refractivity contribution in [3.05, 3.63) is 23.9 Å². The second-order valence-corrected chi connectivity index (χ2v) is 7.95. The van der Waals surface area contributed by atoms with E-state index in [1.54, 1.807) is 0 Å². The lowest BCUT2D eigenvalue weighted by molar-refractivity contribution is 0.232. The van der Waals surface area contributed by atoms with E-state index >= 15 is 0 Å². The van der Waals surface area contributed by atoms with Crippen LogP contribution in [0.4, 0.5) is 5.82 Å². The number of nitrogens with one attached hydrogen (secondary N) is 2. The molecular weight excluding hydrogens is 336 g/mol. The van der Waals surface area contributed by atoms with Gasteiger partial charge in [-0.1, -0.05) is 19.4 Å². The minimum absolute atomic E-state index is 0.744. The molecule has 2 saturated heterocycles. The number of aromatic nitrogens is 1. The van der Waals surface area contributed by atoms with E-state index in [0.29, 0.717) is 0 Å². The molecule has 0 aromatic carbocycles. The minimum Gasteiger partial charge on any atom is -0.357 e. The van der Waals surface area contributed by atoms with E-state index in [4.69, 9.17) is 0 Å². The molecule has 0 amide bonds. The van der Waals surface area contributed by atoms with Gasteiger partial charge in [-0.2, -0.15) is 0 Å². The molecule has 0 spiro atoms. The summed E-state index contributed by atoms with van der Waals surface area (Å²) in [6.07, 6.45) is 8.59. The average Bonchev–Trinajstić information content (AvgIpc) is 2.72. The predicted octanol–water partition coefficient (Wildman–Crippen LogP) is 2.47. The number of anilines is 1. The third-order valence-corrected chi connectivity index (χ3v) is 5.77. The number of piperidine rings is 2. The topological polar surface area (TPSA) is 55.8 Å². The van der Waals surface area contributed by atoms with Crippen LogP contribution < -0.4 is 15.5 Å². The fraction of sp³-hybridized carbons (Fsp3) is 0.714. The second-order valence-electron chi connectivity index (χ2n) is 7.95. The standard InChI is InChI=1S/C21H36N6/c1-18-8-13-27(14-9-18)20-7-6-19(16-24-20)17-25-21(22-2)23-10-15-26-11-4-3-5-12-26/h6-7,16,18H,3-5,8-15,17H2,1-2H3,(H2,22,23,25). The molecule has 2 aliphatic heterocycles. The van der Waals surface area contributed by atoms with E-state index in [1.165, 1.54) is 50.8 Å². The van der Waals surface area contributed by atoms with Crippen LogP contribution >= 0.6 is 0 Å². The molecule has 27 heavy (non-hydrogen) atoms. The van der Waals surface area contributed by atoms with E-state index in [0.717, 1.165) is 50.4 Å². The zero-order valence-electron chi connectivity index (χ0n) is 17.1. The van der Waals surface area contributed by atoms with Gasteiger partial charge in [0, 0.05) is 46.0 Å². The number of likely N-dealkylation sites (tertiary alicyclic amines) is 1. The van der Waals surface area contributed by atoms with Crippen molar-refractivity contribution < 1.29 is 0 Å². The Morgan fingerprint density at radius 3 is 2.56 bits per heavy atom. The molecule has 0 aliphatic carbocycles. The molecule has 1 aromatic heterocycles. The van der Waals surface area contributed by atoms with E-state index in [1.807, 2.05) is 13.2 Å². The van der Waals surface area contributed by atoms with E-state index in [2.05, 4.69) is 49.5 Å². The number of rotatable bonds is 6. The number of pyridine rings is 1. The van der Waals surface area contributed by atoms with Crippen LogP contribution in [0, 0.1) is 5.92 Å². The Labute approximate surface area is 164 Å². The normalized spacial score (nSPS) is 19.9. The highest BCUT2D eigenvalue weighted by Crippen LogP contribution is 2.21. The van der Waals surface area contributed by atoms with Gasteiger partial charge in [0.25, 0.3) is 0 Å². The van der Waals surface area contributed by atoms with Gasteiger partial charge in [-0.3, -0.25) is 4.99 Å². The van der Waals surface area contributed by atoms with E-state index < -0.39 is 0 Å². The number of hydrogen-bond donors (Lipinski definition) is 2. The molecule has 2 fully saturated rings. The number of nitrogens with zero attached hydrogens (tertiary/aromatic N) is 4. The van der Waals surface area contributed by atoms with Crippen molar-refractivity contribution in [1.29, 1.82) is 0 Å². The lowest BCUT2D eigenvalue weighted by atomic mass is 9.99. The van der Waals surface area contributed by atoms with Crippen molar-refractivity contribution in [3.8, 4) is 0 Å². The van der Waals surface area contributed by atoms with Crippen LogP contribution in [0.5, 0.6) is 0 Å². The fourth-order valence-electron chi connectivity index (χ4n) is 3.87. The maximum absolute atomic E-state index is 4.67. The molecule has 2 aliphatic rings. The molecule has 0 atom stereocenters. The molecule has 0 bridgehead atoms. The minimum atomic E-state index is 0.744. The first kappa shape index (κ1) is 19.9. The summed E-state index contributed by atoms with van der Waals surface area (Å²) in [6, 6.07) is 4.33. The lowest BCUT2D eigenvalue weighted by Crippen LogP contribution is -2.42. The average molecular weight is 373 g/mol. The van der Waals surface area contributed by atoms with Crippen LogP contribution in [-0.2, 0) is 6.54 Å². The zero-order chi connectivity index (χ0) is 18.9. The van der Waals surface area contributed by atoms with Crippen molar-refractivity contribution in [2.24, 2.45) is 10.9 Å². The Bertz CT molecular complexity index is 571. The van der Waals surface area contributed by atoms with Crippen LogP contribution in [0.3, 0.4) is 0 Å². The summed E-state index contributed by atoms with van der Waals surface area (Å²) in [4.78, 5) is 13.9. The predicted molar refractivity (Wildman–Crippen MR) is 113 cm³/mol. The summed E-state index contributed by atoms with van der Waals surface area (Å²) in [7, 11) is 1.83. The van der Waals surface area contributed by atoms with Gasteiger partial charge in [-0.15, -0.1) is 0 Å². The summed E-state index contributed by atoms with van der Waals surface area (Å²) in [6.45, 7) is 9.83. The monoisotopic (exact) mass is 372 g/mol. The molecule has 0 unspecified atom stereocenters. The number of guanidine groups is 1. The molecular formula is C21H36N6. The van der Waals surface area contributed by atoms with Crippen molar-refractivity contribution in [2.75, 3.05) is 51.2 Å². The van der Waals surface area contributed by atoms with Gasteiger partial charge in [0.1, 0.15) is 5.82 Å². The third-order valence-electron chi connectivity index (χ3n) is 5.77. The molecule has 6 heteroatoms. The number of aliphatic imine (C=N–C) groups is 1. The number of hydrogen-bond acceptors (Lipinski definition) is 4. The quantitative estimate of drug-likeness (QED) is 0.593. The highest BCUT2D eigenvalue weighted by molar-refractivity contribution is 5.79. The van der Waals surface area contributed by atoms with Crippen molar-refractivity contribution in [3.63, 3.8) is 0 Å². The maximum atomic E-state index is 4.67. The molecule has 2 N–H and O–H groups in total. The Morgan fingerprint density at radius 2 is 1.89 bits per heavy atom. The van der Waals surface area contributed by atoms with Gasteiger partial charge < -0.3 is 20.4 Å². The van der Waals surface area contributed by atoms with Gasteiger partial charge in [-0.25, -0.2) is 4.98 Å². The van der Waals surface area contributed by atoms with Gasteiger partial charge in [0.2, 0.25) is 0 Å². The second kappa shape index (κ2) is 10.5. The SMILES string of the molecule is CN=C(NCCN1CCCCC1)NCc1ccc(N2CCC(C)CC2)nc1. The Balaban J connectivity index is 1.38. The lowest BCUT2D eigenvalue weighted by Gasteiger charge is -2.31.